The van der Waals surface area contributed by atoms with E-state index in [0.29, 0.717) is 12.2 Å². The number of carbonyl (C=O) groups excluding carboxylic acids is 1. The van der Waals surface area contributed by atoms with Crippen LogP contribution in [0.15, 0.2) is 54.6 Å². The smallest absolute Gasteiger partial charge is 0.140 e. The second-order valence-electron chi connectivity index (χ2n) is 5.69. The number of nitrogens with one attached hydrogen (secondary N) is 1. The predicted octanol–water partition coefficient (Wildman–Crippen LogP) is 3.46. The minimum atomic E-state index is 0.232. The van der Waals surface area contributed by atoms with Crippen molar-refractivity contribution in [3.63, 3.8) is 0 Å². The van der Waals surface area contributed by atoms with Crippen LogP contribution in [-0.2, 0) is 11.2 Å². The van der Waals surface area contributed by atoms with Gasteiger partial charge >= 0.3 is 0 Å². The van der Waals surface area contributed by atoms with E-state index in [1.165, 1.54) is 11.1 Å². The van der Waals surface area contributed by atoms with Crippen LogP contribution in [0.5, 0.6) is 0 Å². The SMILES string of the molecule is O=C(Cc1ccccc1-c1ccccc1)C1CCNCC1. The minimum absolute atomic E-state index is 0.232. The van der Waals surface area contributed by atoms with Gasteiger partial charge in [-0.05, 0) is 42.6 Å². The van der Waals surface area contributed by atoms with Crippen LogP contribution in [0.4, 0.5) is 0 Å². The summed E-state index contributed by atoms with van der Waals surface area (Å²) < 4.78 is 0. The molecule has 1 fully saturated rings. The van der Waals surface area contributed by atoms with E-state index >= 15 is 0 Å². The van der Waals surface area contributed by atoms with Crippen LogP contribution in [0.3, 0.4) is 0 Å². The molecule has 2 aromatic carbocycles. The van der Waals surface area contributed by atoms with Crippen molar-refractivity contribution in [2.24, 2.45) is 5.92 Å². The molecule has 1 aliphatic rings. The standard InChI is InChI=1S/C19H21NO/c21-19(16-10-12-20-13-11-16)14-17-8-4-5-9-18(17)15-6-2-1-3-7-15/h1-9,16,20H,10-14H2. The number of Topliss-reactive ketones (excluding diaryl/α,β-unsaturated/α-hetero) is 1. The van der Waals surface area contributed by atoms with Gasteiger partial charge in [-0.2, -0.15) is 0 Å². The Bertz CT molecular complexity index is 600. The maximum atomic E-state index is 12.5. The average molecular weight is 279 g/mol. The summed E-state index contributed by atoms with van der Waals surface area (Å²) in [7, 11) is 0. The van der Waals surface area contributed by atoms with Crippen molar-refractivity contribution in [2.45, 2.75) is 19.3 Å². The van der Waals surface area contributed by atoms with Crippen molar-refractivity contribution < 1.29 is 4.79 Å². The number of hydrogen-bond donors (Lipinski definition) is 1. The number of benzene rings is 2. The molecule has 1 aliphatic heterocycles. The Balaban J connectivity index is 1.81. The first-order valence-electron chi connectivity index (χ1n) is 7.71. The highest BCUT2D eigenvalue weighted by Gasteiger charge is 2.21. The van der Waals surface area contributed by atoms with Gasteiger partial charge in [0.1, 0.15) is 5.78 Å². The lowest BCUT2D eigenvalue weighted by molar-refractivity contribution is -0.122. The fourth-order valence-corrected chi connectivity index (χ4v) is 3.05. The molecule has 1 heterocycles. The molecular weight excluding hydrogens is 258 g/mol. The number of rotatable bonds is 4. The molecule has 108 valence electrons. The largest absolute Gasteiger partial charge is 0.317 e. The maximum Gasteiger partial charge on any atom is 0.140 e. The lowest BCUT2D eigenvalue weighted by Gasteiger charge is -2.21. The molecule has 1 N–H and O–H groups in total. The summed E-state index contributed by atoms with van der Waals surface area (Å²) in [6.45, 7) is 1.94. The van der Waals surface area contributed by atoms with Crippen LogP contribution < -0.4 is 5.32 Å². The van der Waals surface area contributed by atoms with Crippen molar-refractivity contribution in [1.29, 1.82) is 0 Å². The zero-order valence-corrected chi connectivity index (χ0v) is 12.2. The van der Waals surface area contributed by atoms with Crippen LogP contribution in [0.2, 0.25) is 0 Å². The second-order valence-corrected chi connectivity index (χ2v) is 5.69. The molecule has 0 atom stereocenters. The topological polar surface area (TPSA) is 29.1 Å². The Hall–Kier alpha value is -1.93. The van der Waals surface area contributed by atoms with E-state index in [4.69, 9.17) is 0 Å². The summed E-state index contributed by atoms with van der Waals surface area (Å²) >= 11 is 0. The molecule has 0 spiro atoms. The van der Waals surface area contributed by atoms with Crippen molar-refractivity contribution in [3.8, 4) is 11.1 Å². The van der Waals surface area contributed by atoms with Crippen molar-refractivity contribution in [2.75, 3.05) is 13.1 Å². The summed E-state index contributed by atoms with van der Waals surface area (Å²) in [5, 5.41) is 3.32. The predicted molar refractivity (Wildman–Crippen MR) is 86.2 cm³/mol. The molecule has 2 nitrogen and oxygen atoms in total. The molecule has 2 heteroatoms. The summed E-state index contributed by atoms with van der Waals surface area (Å²) in [6, 6.07) is 18.6. The molecule has 21 heavy (non-hydrogen) atoms. The van der Waals surface area contributed by atoms with Crippen LogP contribution in [0.1, 0.15) is 18.4 Å². The zero-order chi connectivity index (χ0) is 14.5. The lowest BCUT2D eigenvalue weighted by atomic mass is 9.88. The molecule has 0 radical (unpaired) electrons. The highest BCUT2D eigenvalue weighted by atomic mass is 16.1. The van der Waals surface area contributed by atoms with E-state index in [1.807, 2.05) is 30.3 Å². The fourth-order valence-electron chi connectivity index (χ4n) is 3.05. The monoisotopic (exact) mass is 279 g/mol. The van der Waals surface area contributed by atoms with Gasteiger partial charge in [-0.1, -0.05) is 54.6 Å². The second kappa shape index (κ2) is 6.68. The Morgan fingerprint density at radius 1 is 0.952 bits per heavy atom. The molecule has 0 aromatic heterocycles. The summed E-state index contributed by atoms with van der Waals surface area (Å²) in [5.41, 5.74) is 3.51. The minimum Gasteiger partial charge on any atom is -0.317 e. The third-order valence-electron chi connectivity index (χ3n) is 4.26. The van der Waals surface area contributed by atoms with Crippen molar-refractivity contribution >= 4 is 5.78 Å². The van der Waals surface area contributed by atoms with Gasteiger partial charge in [0.2, 0.25) is 0 Å². The van der Waals surface area contributed by atoms with Crippen LogP contribution >= 0.6 is 0 Å². The molecule has 1 saturated heterocycles. The van der Waals surface area contributed by atoms with Crippen LogP contribution in [0.25, 0.3) is 11.1 Å². The van der Waals surface area contributed by atoms with Gasteiger partial charge in [-0.15, -0.1) is 0 Å². The average Bonchev–Trinajstić information content (AvgIpc) is 2.57. The first-order chi connectivity index (χ1) is 10.3. The van der Waals surface area contributed by atoms with Crippen molar-refractivity contribution in [3.05, 3.63) is 60.2 Å². The van der Waals surface area contributed by atoms with Crippen LogP contribution in [-0.4, -0.2) is 18.9 Å². The van der Waals surface area contributed by atoms with Gasteiger partial charge in [-0.25, -0.2) is 0 Å². The number of carbonyl (C=O) groups is 1. The summed E-state index contributed by atoms with van der Waals surface area (Å²) in [4.78, 5) is 12.5. The quantitative estimate of drug-likeness (QED) is 0.928. The maximum absolute atomic E-state index is 12.5. The van der Waals surface area contributed by atoms with Gasteiger partial charge in [0, 0.05) is 12.3 Å². The zero-order valence-electron chi connectivity index (χ0n) is 12.2. The lowest BCUT2D eigenvalue weighted by Crippen LogP contribution is -2.32. The molecule has 0 aliphatic carbocycles. The van der Waals surface area contributed by atoms with E-state index in [9.17, 15) is 4.79 Å². The van der Waals surface area contributed by atoms with Gasteiger partial charge in [0.05, 0.1) is 0 Å². The fraction of sp³-hybridized carbons (Fsp3) is 0.316. The molecule has 0 amide bonds. The first kappa shape index (κ1) is 14.0. The number of ketones is 1. The van der Waals surface area contributed by atoms with Gasteiger partial charge in [-0.3, -0.25) is 4.79 Å². The molecule has 0 saturated carbocycles. The van der Waals surface area contributed by atoms with Gasteiger partial charge in [0.25, 0.3) is 0 Å². The Labute approximate surface area is 126 Å². The Kier molecular flexibility index (Phi) is 4.46. The molecule has 2 aromatic rings. The molecule has 0 bridgehead atoms. The van der Waals surface area contributed by atoms with Gasteiger partial charge < -0.3 is 5.32 Å². The third kappa shape index (κ3) is 3.40. The Morgan fingerprint density at radius 3 is 2.38 bits per heavy atom. The molecule has 3 rings (SSSR count). The Morgan fingerprint density at radius 2 is 1.62 bits per heavy atom. The number of piperidine rings is 1. The van der Waals surface area contributed by atoms with Gasteiger partial charge in [0.15, 0.2) is 0 Å². The van der Waals surface area contributed by atoms with Crippen LogP contribution in [0, 0.1) is 5.92 Å². The summed E-state index contributed by atoms with van der Waals surface area (Å²) in [5.74, 6) is 0.620. The third-order valence-corrected chi connectivity index (χ3v) is 4.26. The number of hydrogen-bond acceptors (Lipinski definition) is 2. The highest BCUT2D eigenvalue weighted by molar-refractivity contribution is 5.85. The normalized spacial score (nSPS) is 15.8. The first-order valence-corrected chi connectivity index (χ1v) is 7.71. The molecule has 0 unspecified atom stereocenters. The van der Waals surface area contributed by atoms with E-state index in [1.54, 1.807) is 0 Å². The highest BCUT2D eigenvalue weighted by Crippen LogP contribution is 2.25. The van der Waals surface area contributed by atoms with E-state index < -0.39 is 0 Å². The van der Waals surface area contributed by atoms with Crippen molar-refractivity contribution in [1.82, 2.24) is 5.32 Å². The van der Waals surface area contributed by atoms with E-state index in [2.05, 4.69) is 29.6 Å². The van der Waals surface area contributed by atoms with E-state index in [0.717, 1.165) is 31.5 Å². The van der Waals surface area contributed by atoms with E-state index in [-0.39, 0.29) is 5.92 Å². The summed E-state index contributed by atoms with van der Waals surface area (Å²) in [6.07, 6.45) is 2.51. The molecular formula is C19H21NO.